The zero-order chi connectivity index (χ0) is 16.6. The molecule has 0 fully saturated rings. The predicted molar refractivity (Wildman–Crippen MR) is 91.9 cm³/mol. The molecule has 0 unspecified atom stereocenters. The van der Waals surface area contributed by atoms with Gasteiger partial charge < -0.3 is 5.11 Å². The molecule has 2 rings (SSSR count). The van der Waals surface area contributed by atoms with Crippen LogP contribution in [0.4, 0.5) is 0 Å². The third-order valence-electron chi connectivity index (χ3n) is 6.37. The fourth-order valence-corrected chi connectivity index (χ4v) is 4.50. The zero-order valence-electron chi connectivity index (χ0n) is 15.2. The Morgan fingerprint density at radius 1 is 0.955 bits per heavy atom. The normalized spacial score (nSPS) is 25.1. The van der Waals surface area contributed by atoms with Gasteiger partial charge in [-0.1, -0.05) is 71.4 Å². The molecule has 0 spiro atoms. The molecule has 0 aliphatic heterocycles. The molecule has 0 aromatic carbocycles. The molecule has 2 aliphatic carbocycles. The maximum absolute atomic E-state index is 12.1. The molecule has 0 saturated heterocycles. The van der Waals surface area contributed by atoms with Crippen LogP contribution in [0.1, 0.15) is 92.4 Å². The Bertz CT molecular complexity index is 440. The van der Waals surface area contributed by atoms with E-state index in [4.69, 9.17) is 0 Å². The minimum atomic E-state index is -0.565. The molecule has 126 valence electrons. The quantitative estimate of drug-likeness (QED) is 0.485. The van der Waals surface area contributed by atoms with Crippen LogP contribution in [-0.4, -0.2) is 11.1 Å². The van der Waals surface area contributed by atoms with Crippen LogP contribution < -0.4 is 0 Å². The van der Waals surface area contributed by atoms with Gasteiger partial charge in [-0.15, -0.1) is 0 Å². The van der Waals surface area contributed by atoms with Gasteiger partial charge in [-0.2, -0.15) is 0 Å². The second kappa shape index (κ2) is 6.02. The van der Waals surface area contributed by atoms with Gasteiger partial charge in [0.1, 0.15) is 0 Å². The van der Waals surface area contributed by atoms with Crippen molar-refractivity contribution in [3.63, 3.8) is 0 Å². The van der Waals surface area contributed by atoms with Crippen molar-refractivity contribution in [2.45, 2.75) is 92.4 Å². The van der Waals surface area contributed by atoms with Gasteiger partial charge in [0.05, 0.1) is 5.41 Å². The number of rotatable bonds is 6. The van der Waals surface area contributed by atoms with Crippen molar-refractivity contribution in [1.82, 2.24) is 0 Å². The second-order valence-corrected chi connectivity index (χ2v) is 8.97. The number of allylic oxidation sites excluding steroid dienone is 2. The molecule has 1 N–H and O–H groups in total. The van der Waals surface area contributed by atoms with Crippen molar-refractivity contribution < 1.29 is 9.90 Å². The maximum atomic E-state index is 12.1. The van der Waals surface area contributed by atoms with Crippen LogP contribution in [0, 0.1) is 16.2 Å². The summed E-state index contributed by atoms with van der Waals surface area (Å²) < 4.78 is 0. The summed E-state index contributed by atoms with van der Waals surface area (Å²) in [4.78, 5) is 12.1. The standard InChI is InChI=1S/C20H34O2/c1-6-7-8-9-10-20(17(21)22)13-15-16(14-20)19(4,5)12-11-18(15,2)3/h6-14H2,1-5H3,(H,21,22). The van der Waals surface area contributed by atoms with E-state index < -0.39 is 11.4 Å². The molecule has 0 heterocycles. The lowest BCUT2D eigenvalue weighted by molar-refractivity contribution is -0.149. The van der Waals surface area contributed by atoms with Gasteiger partial charge in [0.15, 0.2) is 0 Å². The van der Waals surface area contributed by atoms with Gasteiger partial charge in [-0.3, -0.25) is 4.79 Å². The topological polar surface area (TPSA) is 37.3 Å². The average Bonchev–Trinajstić information content (AvgIpc) is 2.84. The van der Waals surface area contributed by atoms with Crippen LogP contribution in [0.3, 0.4) is 0 Å². The molecule has 0 aromatic heterocycles. The molecule has 0 aromatic rings. The number of carboxylic acid groups (broad SMARTS) is 1. The second-order valence-electron chi connectivity index (χ2n) is 8.97. The molecule has 22 heavy (non-hydrogen) atoms. The van der Waals surface area contributed by atoms with Crippen molar-refractivity contribution in [2.75, 3.05) is 0 Å². The lowest BCUT2D eigenvalue weighted by Gasteiger charge is -2.41. The van der Waals surface area contributed by atoms with Crippen LogP contribution in [0.2, 0.25) is 0 Å². The van der Waals surface area contributed by atoms with Gasteiger partial charge in [-0.05, 0) is 42.9 Å². The summed E-state index contributed by atoms with van der Waals surface area (Å²) in [6.07, 6.45) is 9.45. The average molecular weight is 306 g/mol. The SMILES string of the molecule is CCCCCCC1(C(=O)O)CC2=C(C1)C(C)(C)CCC2(C)C. The van der Waals surface area contributed by atoms with Crippen LogP contribution in [0.5, 0.6) is 0 Å². The Balaban J connectivity index is 2.22. The fraction of sp³-hybridized carbons (Fsp3) is 0.850. The molecule has 0 atom stereocenters. The first-order chi connectivity index (χ1) is 10.1. The Labute approximate surface area is 136 Å². The molecule has 2 nitrogen and oxygen atoms in total. The van der Waals surface area contributed by atoms with E-state index in [1.807, 2.05) is 0 Å². The fourth-order valence-electron chi connectivity index (χ4n) is 4.50. The van der Waals surface area contributed by atoms with Crippen LogP contribution in [-0.2, 0) is 4.79 Å². The van der Waals surface area contributed by atoms with Crippen LogP contribution >= 0.6 is 0 Å². The number of carbonyl (C=O) groups is 1. The lowest BCUT2D eigenvalue weighted by Crippen LogP contribution is -2.29. The summed E-state index contributed by atoms with van der Waals surface area (Å²) >= 11 is 0. The summed E-state index contributed by atoms with van der Waals surface area (Å²) in [5, 5.41) is 9.98. The van der Waals surface area contributed by atoms with Gasteiger partial charge in [-0.25, -0.2) is 0 Å². The Morgan fingerprint density at radius 3 is 1.86 bits per heavy atom. The largest absolute Gasteiger partial charge is 0.481 e. The number of aliphatic carboxylic acids is 1. The summed E-state index contributed by atoms with van der Waals surface area (Å²) in [6, 6.07) is 0. The molecule has 0 saturated carbocycles. The van der Waals surface area contributed by atoms with Crippen molar-refractivity contribution in [3.8, 4) is 0 Å². The minimum absolute atomic E-state index is 0.186. The highest BCUT2D eigenvalue weighted by molar-refractivity contribution is 5.77. The number of carboxylic acids is 1. The Hall–Kier alpha value is -0.790. The van der Waals surface area contributed by atoms with E-state index in [-0.39, 0.29) is 10.8 Å². The van der Waals surface area contributed by atoms with E-state index in [0.29, 0.717) is 0 Å². The summed E-state index contributed by atoms with van der Waals surface area (Å²) in [5.74, 6) is -0.565. The molecule has 2 heteroatoms. The highest BCUT2D eigenvalue weighted by Crippen LogP contribution is 2.60. The molecule has 2 aliphatic rings. The first-order valence-electron chi connectivity index (χ1n) is 9.11. The maximum Gasteiger partial charge on any atom is 0.310 e. The summed E-state index contributed by atoms with van der Waals surface area (Å²) in [7, 11) is 0. The third-order valence-corrected chi connectivity index (χ3v) is 6.37. The first-order valence-corrected chi connectivity index (χ1v) is 9.11. The van der Waals surface area contributed by atoms with Crippen molar-refractivity contribution in [2.24, 2.45) is 16.2 Å². The predicted octanol–water partition coefficient (Wildman–Crippen LogP) is 5.96. The van der Waals surface area contributed by atoms with Crippen molar-refractivity contribution >= 4 is 5.97 Å². The van der Waals surface area contributed by atoms with Crippen molar-refractivity contribution in [3.05, 3.63) is 11.1 Å². The highest BCUT2D eigenvalue weighted by Gasteiger charge is 2.52. The monoisotopic (exact) mass is 306 g/mol. The van der Waals surface area contributed by atoms with E-state index in [9.17, 15) is 9.90 Å². The zero-order valence-corrected chi connectivity index (χ0v) is 15.2. The van der Waals surface area contributed by atoms with E-state index in [1.54, 1.807) is 0 Å². The van der Waals surface area contributed by atoms with Crippen LogP contribution in [0.15, 0.2) is 11.1 Å². The lowest BCUT2D eigenvalue weighted by atomic mass is 9.64. The van der Waals surface area contributed by atoms with Crippen molar-refractivity contribution in [1.29, 1.82) is 0 Å². The number of hydrogen-bond donors (Lipinski definition) is 1. The van der Waals surface area contributed by atoms with Gasteiger partial charge >= 0.3 is 5.97 Å². The molecule has 0 amide bonds. The third kappa shape index (κ3) is 3.12. The molecule has 0 radical (unpaired) electrons. The first kappa shape index (κ1) is 17.6. The smallest absolute Gasteiger partial charge is 0.310 e. The number of unbranched alkanes of at least 4 members (excludes halogenated alkanes) is 3. The van der Waals surface area contributed by atoms with Gasteiger partial charge in [0.2, 0.25) is 0 Å². The van der Waals surface area contributed by atoms with Crippen LogP contribution in [0.25, 0.3) is 0 Å². The molecular weight excluding hydrogens is 272 g/mol. The molecule has 0 bridgehead atoms. The Morgan fingerprint density at radius 2 is 1.45 bits per heavy atom. The van der Waals surface area contributed by atoms with Gasteiger partial charge in [0.25, 0.3) is 0 Å². The van der Waals surface area contributed by atoms with E-state index in [1.165, 1.54) is 43.3 Å². The van der Waals surface area contributed by atoms with E-state index in [2.05, 4.69) is 34.6 Å². The number of hydrogen-bond acceptors (Lipinski definition) is 1. The Kier molecular flexibility index (Phi) is 4.80. The van der Waals surface area contributed by atoms with E-state index >= 15 is 0 Å². The highest BCUT2D eigenvalue weighted by atomic mass is 16.4. The summed E-state index contributed by atoms with van der Waals surface area (Å²) in [5.41, 5.74) is 2.80. The molecular formula is C20H34O2. The van der Waals surface area contributed by atoms with E-state index in [0.717, 1.165) is 25.7 Å². The minimum Gasteiger partial charge on any atom is -0.481 e. The van der Waals surface area contributed by atoms with Gasteiger partial charge in [0, 0.05) is 0 Å². The summed E-state index contributed by atoms with van der Waals surface area (Å²) in [6.45, 7) is 11.5.